The lowest BCUT2D eigenvalue weighted by Gasteiger charge is -2.20. The van der Waals surface area contributed by atoms with Crippen LogP contribution >= 0.6 is 11.6 Å². The lowest BCUT2D eigenvalue weighted by molar-refractivity contribution is 0.0785. The molecule has 1 fully saturated rings. The fraction of sp³-hybridized carbons (Fsp3) is 0.350. The Morgan fingerprint density at radius 3 is 2.48 bits per heavy atom. The van der Waals surface area contributed by atoms with Gasteiger partial charge < -0.3 is 4.90 Å². The SMILES string of the molecule is Cc1ccccc1CN(C)C(=O)c1cc(S(=O)(=O)N2CCCC2)ccc1Cl. The first-order chi connectivity index (χ1) is 12.8. The Morgan fingerprint density at radius 2 is 1.81 bits per heavy atom. The van der Waals surface area contributed by atoms with Crippen molar-refractivity contribution in [2.24, 2.45) is 0 Å². The van der Waals surface area contributed by atoms with Crippen LogP contribution in [0.25, 0.3) is 0 Å². The van der Waals surface area contributed by atoms with Gasteiger partial charge in [0, 0.05) is 26.7 Å². The van der Waals surface area contributed by atoms with Crippen LogP contribution in [-0.2, 0) is 16.6 Å². The molecule has 27 heavy (non-hydrogen) atoms. The first kappa shape index (κ1) is 19.9. The maximum Gasteiger partial charge on any atom is 0.255 e. The van der Waals surface area contributed by atoms with Gasteiger partial charge in [0.15, 0.2) is 0 Å². The Kier molecular flexibility index (Phi) is 5.89. The van der Waals surface area contributed by atoms with Gasteiger partial charge in [-0.15, -0.1) is 0 Å². The number of amides is 1. The summed E-state index contributed by atoms with van der Waals surface area (Å²) in [6.45, 7) is 3.44. The number of benzene rings is 2. The zero-order chi connectivity index (χ0) is 19.6. The maximum absolute atomic E-state index is 12.9. The fourth-order valence-electron chi connectivity index (χ4n) is 3.23. The van der Waals surface area contributed by atoms with Crippen LogP contribution in [-0.4, -0.2) is 43.7 Å². The van der Waals surface area contributed by atoms with E-state index in [0.29, 0.717) is 19.6 Å². The molecule has 1 saturated heterocycles. The molecule has 3 rings (SSSR count). The van der Waals surface area contributed by atoms with Crippen LogP contribution in [0, 0.1) is 6.92 Å². The van der Waals surface area contributed by atoms with Crippen molar-refractivity contribution in [2.75, 3.05) is 20.1 Å². The van der Waals surface area contributed by atoms with Crippen molar-refractivity contribution >= 4 is 27.5 Å². The Balaban J connectivity index is 1.87. The summed E-state index contributed by atoms with van der Waals surface area (Å²) in [5.41, 5.74) is 2.33. The minimum atomic E-state index is -3.60. The Labute approximate surface area is 165 Å². The second-order valence-electron chi connectivity index (χ2n) is 6.84. The monoisotopic (exact) mass is 406 g/mol. The summed E-state index contributed by atoms with van der Waals surface area (Å²) >= 11 is 6.22. The van der Waals surface area contributed by atoms with Gasteiger partial charge >= 0.3 is 0 Å². The summed E-state index contributed by atoms with van der Waals surface area (Å²) in [4.78, 5) is 14.6. The zero-order valence-corrected chi connectivity index (χ0v) is 17.1. The highest BCUT2D eigenvalue weighted by atomic mass is 35.5. The number of carbonyl (C=O) groups excluding carboxylic acids is 1. The van der Waals surface area contributed by atoms with Crippen molar-refractivity contribution in [3.8, 4) is 0 Å². The second-order valence-corrected chi connectivity index (χ2v) is 9.19. The molecular weight excluding hydrogens is 384 g/mol. The van der Waals surface area contributed by atoms with Gasteiger partial charge in [0.25, 0.3) is 5.91 Å². The second kappa shape index (κ2) is 8.00. The highest BCUT2D eigenvalue weighted by molar-refractivity contribution is 7.89. The van der Waals surface area contributed by atoms with E-state index in [0.717, 1.165) is 24.0 Å². The van der Waals surface area contributed by atoms with Crippen LogP contribution in [0.4, 0.5) is 0 Å². The smallest absolute Gasteiger partial charge is 0.255 e. The standard InChI is InChI=1S/C20H23ClN2O3S/c1-15-7-3-4-8-16(15)14-22(2)20(24)18-13-17(9-10-19(18)21)27(25,26)23-11-5-6-12-23/h3-4,7-10,13H,5-6,11-12,14H2,1-2H3. The molecule has 0 atom stereocenters. The molecule has 0 N–H and O–H groups in total. The first-order valence-electron chi connectivity index (χ1n) is 8.90. The number of nitrogens with zero attached hydrogens (tertiary/aromatic N) is 2. The van der Waals surface area contributed by atoms with Crippen molar-refractivity contribution in [3.63, 3.8) is 0 Å². The number of halogens is 1. The minimum Gasteiger partial charge on any atom is -0.337 e. The van der Waals surface area contributed by atoms with Crippen LogP contribution in [0.15, 0.2) is 47.4 Å². The number of rotatable bonds is 5. The van der Waals surface area contributed by atoms with E-state index in [4.69, 9.17) is 11.6 Å². The Hall–Kier alpha value is -1.89. The molecule has 5 nitrogen and oxygen atoms in total. The van der Waals surface area contributed by atoms with Gasteiger partial charge in [0.1, 0.15) is 0 Å². The summed E-state index contributed by atoms with van der Waals surface area (Å²) < 4.78 is 27.0. The van der Waals surface area contributed by atoms with E-state index >= 15 is 0 Å². The van der Waals surface area contributed by atoms with Crippen LogP contribution in [0.5, 0.6) is 0 Å². The molecular formula is C20H23ClN2O3S. The minimum absolute atomic E-state index is 0.112. The molecule has 0 aromatic heterocycles. The highest BCUT2D eigenvalue weighted by Gasteiger charge is 2.28. The molecule has 1 heterocycles. The quantitative estimate of drug-likeness (QED) is 0.760. The van der Waals surface area contributed by atoms with E-state index in [1.165, 1.54) is 22.5 Å². The van der Waals surface area contributed by atoms with Crippen molar-refractivity contribution in [1.82, 2.24) is 9.21 Å². The molecule has 0 saturated carbocycles. The number of sulfonamides is 1. The maximum atomic E-state index is 12.9. The van der Waals surface area contributed by atoms with E-state index < -0.39 is 10.0 Å². The average molecular weight is 407 g/mol. The van der Waals surface area contributed by atoms with E-state index in [9.17, 15) is 13.2 Å². The third-order valence-corrected chi connectivity index (χ3v) is 7.11. The number of carbonyl (C=O) groups is 1. The predicted octanol–water partition coefficient (Wildman–Crippen LogP) is 3.71. The van der Waals surface area contributed by atoms with Crippen LogP contribution < -0.4 is 0 Å². The molecule has 2 aromatic rings. The van der Waals surface area contributed by atoms with Gasteiger partial charge in [0.05, 0.1) is 15.5 Å². The first-order valence-corrected chi connectivity index (χ1v) is 10.7. The lowest BCUT2D eigenvalue weighted by atomic mass is 10.1. The molecule has 7 heteroatoms. The summed E-state index contributed by atoms with van der Waals surface area (Å²) in [6, 6.07) is 12.2. The largest absolute Gasteiger partial charge is 0.337 e. The normalized spacial score (nSPS) is 15.1. The van der Waals surface area contributed by atoms with Gasteiger partial charge in [-0.2, -0.15) is 4.31 Å². The molecule has 144 valence electrons. The van der Waals surface area contributed by atoms with Gasteiger partial charge in [-0.1, -0.05) is 35.9 Å². The van der Waals surface area contributed by atoms with Crippen molar-refractivity contribution in [3.05, 3.63) is 64.2 Å². The summed E-state index contributed by atoms with van der Waals surface area (Å²) in [5.74, 6) is -0.304. The number of aryl methyl sites for hydroxylation is 1. The van der Waals surface area contributed by atoms with Gasteiger partial charge in [-0.25, -0.2) is 8.42 Å². The van der Waals surface area contributed by atoms with Gasteiger partial charge in [0.2, 0.25) is 10.0 Å². The molecule has 0 radical (unpaired) electrons. The Bertz CT molecular complexity index is 953. The van der Waals surface area contributed by atoms with Crippen molar-refractivity contribution < 1.29 is 13.2 Å². The summed E-state index contributed by atoms with van der Waals surface area (Å²) in [7, 11) is -1.91. The topological polar surface area (TPSA) is 57.7 Å². The van der Waals surface area contributed by atoms with Crippen molar-refractivity contribution in [2.45, 2.75) is 31.2 Å². The van der Waals surface area contributed by atoms with E-state index in [-0.39, 0.29) is 21.4 Å². The molecule has 1 aliphatic heterocycles. The third kappa shape index (κ3) is 4.18. The van der Waals surface area contributed by atoms with Crippen LogP contribution in [0.2, 0.25) is 5.02 Å². The van der Waals surface area contributed by atoms with Crippen LogP contribution in [0.1, 0.15) is 34.3 Å². The predicted molar refractivity (Wildman–Crippen MR) is 106 cm³/mol. The summed E-state index contributed by atoms with van der Waals surface area (Å²) in [5, 5.41) is 0.247. The van der Waals surface area contributed by atoms with E-state index in [1.807, 2.05) is 31.2 Å². The van der Waals surface area contributed by atoms with Gasteiger partial charge in [-0.3, -0.25) is 4.79 Å². The molecule has 1 amide bonds. The summed E-state index contributed by atoms with van der Waals surface area (Å²) in [6.07, 6.45) is 1.72. The number of hydrogen-bond donors (Lipinski definition) is 0. The van der Waals surface area contributed by atoms with Crippen molar-refractivity contribution in [1.29, 1.82) is 0 Å². The Morgan fingerprint density at radius 1 is 1.15 bits per heavy atom. The third-order valence-electron chi connectivity index (χ3n) is 4.89. The lowest BCUT2D eigenvalue weighted by Crippen LogP contribution is -2.29. The highest BCUT2D eigenvalue weighted by Crippen LogP contribution is 2.26. The van der Waals surface area contributed by atoms with Crippen LogP contribution in [0.3, 0.4) is 0 Å². The molecule has 1 aliphatic rings. The molecule has 0 unspecified atom stereocenters. The number of hydrogen-bond acceptors (Lipinski definition) is 3. The van der Waals surface area contributed by atoms with Gasteiger partial charge in [-0.05, 0) is 49.1 Å². The zero-order valence-electron chi connectivity index (χ0n) is 15.5. The molecule has 0 aliphatic carbocycles. The fourth-order valence-corrected chi connectivity index (χ4v) is 4.97. The molecule has 0 bridgehead atoms. The van der Waals surface area contributed by atoms with E-state index in [1.54, 1.807) is 11.9 Å². The molecule has 0 spiro atoms. The average Bonchev–Trinajstić information content (AvgIpc) is 3.19. The van der Waals surface area contributed by atoms with E-state index in [2.05, 4.69) is 0 Å². The molecule has 2 aromatic carbocycles.